The standard InChI is InChI=1S/C31H42NO6P/c1-6-9-21(2)18-27(38-29-26(33)14-16-31(34)28(32-5)20-30(29,31)4)22(3)39(35,36)37-17-15-23-12-13-24-10-7-8-11-25(24)19-23/h7-8,10-12,18,29,34H,6,9,13-17,19-20H2,1-5H3,(H,35,36)/b21-18+,27-22-,32-28?. The Balaban J connectivity index is 1.54. The van der Waals surface area contributed by atoms with Crippen molar-refractivity contribution in [1.29, 1.82) is 0 Å². The van der Waals surface area contributed by atoms with Crippen LogP contribution in [-0.4, -0.2) is 46.9 Å². The number of ketones is 1. The maximum atomic E-state index is 13.5. The number of rotatable bonds is 10. The van der Waals surface area contributed by atoms with Gasteiger partial charge in [0.15, 0.2) is 11.9 Å². The van der Waals surface area contributed by atoms with Gasteiger partial charge in [-0.3, -0.25) is 14.4 Å². The van der Waals surface area contributed by atoms with Gasteiger partial charge in [0, 0.05) is 25.6 Å². The normalized spacial score (nSPS) is 30.0. The van der Waals surface area contributed by atoms with E-state index in [0.717, 1.165) is 31.3 Å². The largest absolute Gasteiger partial charge is 0.481 e. The first-order valence-corrected chi connectivity index (χ1v) is 15.5. The number of hydrogen-bond donors (Lipinski definition) is 2. The lowest BCUT2D eigenvalue weighted by molar-refractivity contribution is -0.173. The van der Waals surface area contributed by atoms with E-state index in [1.807, 2.05) is 26.0 Å². The molecule has 7 nitrogen and oxygen atoms in total. The fourth-order valence-corrected chi connectivity index (χ4v) is 7.05. The van der Waals surface area contributed by atoms with Crippen LogP contribution in [0, 0.1) is 5.41 Å². The minimum Gasteiger partial charge on any atom is -0.481 e. The van der Waals surface area contributed by atoms with Crippen LogP contribution in [-0.2, 0) is 31.5 Å². The van der Waals surface area contributed by atoms with Crippen molar-refractivity contribution < 1.29 is 28.6 Å². The zero-order valence-electron chi connectivity index (χ0n) is 23.8. The number of carbonyl (C=O) groups is 1. The summed E-state index contributed by atoms with van der Waals surface area (Å²) < 4.78 is 25.4. The number of benzene rings is 1. The predicted molar refractivity (Wildman–Crippen MR) is 154 cm³/mol. The fourth-order valence-electron chi connectivity index (χ4n) is 6.12. The highest BCUT2D eigenvalue weighted by Crippen LogP contribution is 2.58. The molecule has 212 valence electrons. The van der Waals surface area contributed by atoms with Gasteiger partial charge >= 0.3 is 7.60 Å². The third-order valence-corrected chi connectivity index (χ3v) is 10.3. The molecule has 4 atom stereocenters. The minimum absolute atomic E-state index is 0.0649. The second kappa shape index (κ2) is 11.7. The number of allylic oxidation sites excluding steroid dienone is 4. The number of ether oxygens (including phenoxy) is 1. The van der Waals surface area contributed by atoms with E-state index < -0.39 is 24.7 Å². The Labute approximate surface area is 232 Å². The summed E-state index contributed by atoms with van der Waals surface area (Å²) in [5.74, 6) is 0.0469. The predicted octanol–water partition coefficient (Wildman–Crippen LogP) is 6.24. The van der Waals surface area contributed by atoms with E-state index in [1.165, 1.54) is 23.6 Å². The molecule has 0 bridgehead atoms. The first-order valence-electron chi connectivity index (χ1n) is 13.9. The highest BCUT2D eigenvalue weighted by molar-refractivity contribution is 7.57. The molecule has 0 aromatic heterocycles. The summed E-state index contributed by atoms with van der Waals surface area (Å²) >= 11 is 0. The second-order valence-electron chi connectivity index (χ2n) is 11.4. The maximum Gasteiger partial charge on any atom is 0.358 e. The zero-order chi connectivity index (χ0) is 28.4. The van der Waals surface area contributed by atoms with Crippen LogP contribution >= 0.6 is 7.60 Å². The van der Waals surface area contributed by atoms with Gasteiger partial charge in [0.1, 0.15) is 11.4 Å². The summed E-state index contributed by atoms with van der Waals surface area (Å²) in [6.45, 7) is 7.45. The van der Waals surface area contributed by atoms with Crippen LogP contribution in [0.15, 0.2) is 63.6 Å². The van der Waals surface area contributed by atoms with Gasteiger partial charge in [-0.05, 0) is 63.2 Å². The maximum absolute atomic E-state index is 13.5. The Hall–Kier alpha value is -2.31. The molecule has 1 aromatic rings. The van der Waals surface area contributed by atoms with Crippen LogP contribution in [0.3, 0.4) is 0 Å². The lowest BCUT2D eigenvalue weighted by atomic mass is 9.48. The van der Waals surface area contributed by atoms with Crippen LogP contribution in [0.4, 0.5) is 0 Å². The van der Waals surface area contributed by atoms with E-state index in [4.69, 9.17) is 9.26 Å². The van der Waals surface area contributed by atoms with Crippen molar-refractivity contribution in [3.05, 3.63) is 69.8 Å². The lowest BCUT2D eigenvalue weighted by Crippen LogP contribution is -2.72. The Morgan fingerprint density at radius 3 is 2.67 bits per heavy atom. The second-order valence-corrected chi connectivity index (χ2v) is 13.4. The number of fused-ring (bicyclic) bond motifs is 2. The van der Waals surface area contributed by atoms with E-state index in [0.29, 0.717) is 25.0 Å². The summed E-state index contributed by atoms with van der Waals surface area (Å²) in [5.41, 5.74) is 3.33. The highest BCUT2D eigenvalue weighted by atomic mass is 31.2. The molecular weight excluding hydrogens is 513 g/mol. The fraction of sp³-hybridized carbons (Fsp3) is 0.548. The van der Waals surface area contributed by atoms with Gasteiger partial charge in [-0.25, -0.2) is 0 Å². The van der Waals surface area contributed by atoms with Gasteiger partial charge in [0.2, 0.25) is 0 Å². The smallest absolute Gasteiger partial charge is 0.358 e. The Morgan fingerprint density at radius 1 is 1.26 bits per heavy atom. The quantitative estimate of drug-likeness (QED) is 0.153. The minimum atomic E-state index is -4.22. The highest BCUT2D eigenvalue weighted by Gasteiger charge is 2.68. The van der Waals surface area contributed by atoms with Crippen molar-refractivity contribution in [3.63, 3.8) is 0 Å². The van der Waals surface area contributed by atoms with Gasteiger partial charge < -0.3 is 19.3 Å². The SMILES string of the molecule is CCC/C(C)=C/C(OC1C(=O)CCC2(O)C(=NC)CC12C)=C(\C)P(=O)(O)OCCC1=CCc2ccccc2C1. The number of aliphatic hydroxyl groups is 1. The van der Waals surface area contributed by atoms with Gasteiger partial charge in [-0.1, -0.05) is 61.8 Å². The molecule has 0 heterocycles. The molecule has 4 rings (SSSR count). The first-order chi connectivity index (χ1) is 18.4. The monoisotopic (exact) mass is 555 g/mol. The summed E-state index contributed by atoms with van der Waals surface area (Å²) in [5, 5.41) is 11.5. The van der Waals surface area contributed by atoms with Crippen molar-refractivity contribution in [2.24, 2.45) is 10.4 Å². The van der Waals surface area contributed by atoms with E-state index >= 15 is 0 Å². The summed E-state index contributed by atoms with van der Waals surface area (Å²) in [6.07, 6.45) is 7.75. The Kier molecular flexibility index (Phi) is 8.87. The summed E-state index contributed by atoms with van der Waals surface area (Å²) in [7, 11) is -2.58. The zero-order valence-corrected chi connectivity index (χ0v) is 24.7. The van der Waals surface area contributed by atoms with Crippen molar-refractivity contribution in [2.75, 3.05) is 13.7 Å². The van der Waals surface area contributed by atoms with Crippen LogP contribution in [0.1, 0.15) is 77.3 Å². The number of hydrogen-bond acceptors (Lipinski definition) is 6. The third kappa shape index (κ3) is 5.78. The van der Waals surface area contributed by atoms with Gasteiger partial charge in [-0.15, -0.1) is 0 Å². The number of carbonyl (C=O) groups excluding carboxylic acids is 1. The molecule has 2 N–H and O–H groups in total. The molecule has 3 aliphatic rings. The van der Waals surface area contributed by atoms with Gasteiger partial charge in [-0.2, -0.15) is 0 Å². The molecule has 2 saturated carbocycles. The third-order valence-electron chi connectivity index (χ3n) is 8.71. The van der Waals surface area contributed by atoms with Crippen LogP contribution in [0.25, 0.3) is 0 Å². The number of aliphatic imine (C=N–C) groups is 1. The summed E-state index contributed by atoms with van der Waals surface area (Å²) in [4.78, 5) is 28.3. The van der Waals surface area contributed by atoms with Crippen molar-refractivity contribution in [1.82, 2.24) is 0 Å². The van der Waals surface area contributed by atoms with Crippen LogP contribution in [0.2, 0.25) is 0 Å². The van der Waals surface area contributed by atoms with Crippen molar-refractivity contribution >= 4 is 19.1 Å². The number of nitrogens with zero attached hydrogens (tertiary/aromatic N) is 1. The van der Waals surface area contributed by atoms with E-state index in [1.54, 1.807) is 13.1 Å². The van der Waals surface area contributed by atoms with Gasteiger partial charge in [0.25, 0.3) is 0 Å². The van der Waals surface area contributed by atoms with Crippen LogP contribution in [0.5, 0.6) is 0 Å². The Morgan fingerprint density at radius 2 is 1.97 bits per heavy atom. The van der Waals surface area contributed by atoms with E-state index in [-0.39, 0.29) is 29.9 Å². The molecule has 4 unspecified atom stereocenters. The molecule has 39 heavy (non-hydrogen) atoms. The molecule has 2 fully saturated rings. The average Bonchev–Trinajstić information content (AvgIpc) is 2.91. The molecule has 3 aliphatic carbocycles. The van der Waals surface area contributed by atoms with Crippen molar-refractivity contribution in [3.8, 4) is 0 Å². The topological polar surface area (TPSA) is 105 Å². The van der Waals surface area contributed by atoms with Crippen LogP contribution < -0.4 is 0 Å². The molecule has 1 aromatic carbocycles. The molecule has 0 aliphatic heterocycles. The molecule has 0 radical (unpaired) electrons. The van der Waals surface area contributed by atoms with Crippen molar-refractivity contribution in [2.45, 2.75) is 90.8 Å². The van der Waals surface area contributed by atoms with E-state index in [9.17, 15) is 19.4 Å². The van der Waals surface area contributed by atoms with Gasteiger partial charge in [0.05, 0.1) is 17.3 Å². The first kappa shape index (κ1) is 29.7. The molecule has 0 amide bonds. The Bertz CT molecular complexity index is 1290. The molecule has 0 spiro atoms. The molecule has 8 heteroatoms. The molecule has 0 saturated heterocycles. The average molecular weight is 556 g/mol. The molecular formula is C31H42NO6P. The lowest BCUT2D eigenvalue weighted by Gasteiger charge is -2.60. The van der Waals surface area contributed by atoms with E-state index in [2.05, 4.69) is 30.1 Å². The number of Topliss-reactive ketones (excluding diaryl/α,β-unsaturated/α-hetero) is 1. The summed E-state index contributed by atoms with van der Waals surface area (Å²) in [6, 6.07) is 8.31.